The van der Waals surface area contributed by atoms with Crippen LogP contribution in [0.5, 0.6) is 11.5 Å². The third-order valence-electron chi connectivity index (χ3n) is 6.77. The third-order valence-corrected chi connectivity index (χ3v) is 8.26. The minimum atomic E-state index is -1.16. The number of hydrogen-bond donors (Lipinski definition) is 0. The van der Waals surface area contributed by atoms with Crippen molar-refractivity contribution >= 4 is 30.9 Å². The van der Waals surface area contributed by atoms with Crippen LogP contribution in [0, 0.1) is 0 Å². The van der Waals surface area contributed by atoms with Gasteiger partial charge in [0.1, 0.15) is 11.5 Å². The van der Waals surface area contributed by atoms with E-state index >= 15 is 0 Å². The maximum Gasteiger partial charge on any atom is 0.184 e. The molecule has 6 heteroatoms. The van der Waals surface area contributed by atoms with Gasteiger partial charge in [-0.05, 0) is 99.7 Å². The Kier molecular flexibility index (Phi) is 7.13. The summed E-state index contributed by atoms with van der Waals surface area (Å²) in [4.78, 5) is 5.02. The van der Waals surface area contributed by atoms with Crippen molar-refractivity contribution in [1.29, 1.82) is 0 Å². The number of thiophene rings is 1. The highest BCUT2D eigenvalue weighted by molar-refractivity contribution is 7.37. The average molecular weight is 455 g/mol. The van der Waals surface area contributed by atoms with E-state index in [1.807, 2.05) is 36.4 Å². The fourth-order valence-corrected chi connectivity index (χ4v) is 6.42. The number of likely N-dealkylation sites (tertiary alicyclic amines) is 2. The maximum absolute atomic E-state index is 13.1. The van der Waals surface area contributed by atoms with E-state index in [4.69, 9.17) is 9.47 Å². The normalized spacial score (nSPS) is 18.2. The van der Waals surface area contributed by atoms with Gasteiger partial charge in [0.2, 0.25) is 0 Å². The van der Waals surface area contributed by atoms with Crippen LogP contribution in [-0.4, -0.2) is 66.8 Å². The van der Waals surface area contributed by atoms with Crippen molar-refractivity contribution in [3.63, 3.8) is 0 Å². The van der Waals surface area contributed by atoms with Crippen molar-refractivity contribution in [2.24, 2.45) is 0 Å². The monoisotopic (exact) mass is 454 g/mol. The van der Waals surface area contributed by atoms with Gasteiger partial charge in [-0.3, -0.25) is 0 Å². The van der Waals surface area contributed by atoms with Crippen LogP contribution in [0.1, 0.15) is 38.5 Å². The Labute approximate surface area is 193 Å². The van der Waals surface area contributed by atoms with Crippen molar-refractivity contribution in [1.82, 2.24) is 9.80 Å². The Bertz CT molecular complexity index is 1040. The predicted molar refractivity (Wildman–Crippen MR) is 132 cm³/mol. The number of ether oxygens (including phenoxy) is 2. The van der Waals surface area contributed by atoms with Crippen molar-refractivity contribution in [2.45, 2.75) is 38.5 Å². The Hall–Kier alpha value is -1.86. The molecule has 2 aliphatic heterocycles. The Balaban J connectivity index is 1.21. The number of nitrogens with zero attached hydrogens (tertiary/aromatic N) is 2. The van der Waals surface area contributed by atoms with Crippen LogP contribution in [-0.2, 0) is 0 Å². The first-order valence-corrected chi connectivity index (χ1v) is 13.3. The molecule has 0 N–H and O–H groups in total. The van der Waals surface area contributed by atoms with Crippen LogP contribution in [0.15, 0.2) is 36.4 Å². The molecule has 2 aliphatic rings. The molecular weight excluding hydrogens is 420 g/mol. The molecule has 2 saturated heterocycles. The van der Waals surface area contributed by atoms with E-state index in [2.05, 4.69) is 9.80 Å². The lowest BCUT2D eigenvalue weighted by Crippen LogP contribution is -2.21. The van der Waals surface area contributed by atoms with Gasteiger partial charge in [0.25, 0.3) is 0 Å². The highest BCUT2D eigenvalue weighted by Crippen LogP contribution is 2.43. The minimum Gasteiger partial charge on any atom is -0.590 e. The topological polar surface area (TPSA) is 48.0 Å². The van der Waals surface area contributed by atoms with Gasteiger partial charge in [0.05, 0.1) is 18.6 Å². The second-order valence-corrected chi connectivity index (χ2v) is 10.5. The highest BCUT2D eigenvalue weighted by Gasteiger charge is 2.18. The smallest absolute Gasteiger partial charge is 0.184 e. The number of fused-ring (bicyclic) bond motifs is 3. The number of benzene rings is 2. The summed E-state index contributed by atoms with van der Waals surface area (Å²) in [5, 5.41) is 2.06. The fourth-order valence-electron chi connectivity index (χ4n) is 5.03. The molecule has 2 aromatic carbocycles. The van der Waals surface area contributed by atoms with Crippen LogP contribution >= 0.6 is 10.8 Å². The van der Waals surface area contributed by atoms with Crippen LogP contribution < -0.4 is 9.47 Å². The molecule has 3 heterocycles. The summed E-state index contributed by atoms with van der Waals surface area (Å²) in [6.07, 6.45) is 7.37. The van der Waals surface area contributed by atoms with Gasteiger partial charge in [0, 0.05) is 30.6 Å². The van der Waals surface area contributed by atoms with E-state index in [-0.39, 0.29) is 0 Å². The Morgan fingerprint density at radius 1 is 0.688 bits per heavy atom. The molecule has 3 aromatic rings. The second-order valence-electron chi connectivity index (χ2n) is 9.09. The molecule has 1 atom stereocenters. The summed E-state index contributed by atoms with van der Waals surface area (Å²) in [6.45, 7) is 8.53. The van der Waals surface area contributed by atoms with E-state index in [1.165, 1.54) is 51.9 Å². The number of hydrogen-bond acceptors (Lipinski definition) is 5. The molecule has 5 nitrogen and oxygen atoms in total. The van der Waals surface area contributed by atoms with Crippen LogP contribution in [0.25, 0.3) is 20.2 Å². The quantitative estimate of drug-likeness (QED) is 0.301. The predicted octanol–water partition coefficient (Wildman–Crippen LogP) is 5.45. The largest absolute Gasteiger partial charge is 0.590 e. The molecule has 5 rings (SSSR count). The molecule has 2 fully saturated rings. The SMILES string of the molecule is [O-][s+]1c2ccc(OCCCN3CCCC3)cc2c2ccc(OCCCN3CCCC3)cc21. The second kappa shape index (κ2) is 10.4. The number of rotatable bonds is 10. The molecule has 0 amide bonds. The van der Waals surface area contributed by atoms with Crippen molar-refractivity contribution in [2.75, 3.05) is 52.5 Å². The maximum atomic E-state index is 13.1. The first kappa shape index (κ1) is 22.0. The first-order valence-electron chi connectivity index (χ1n) is 12.2. The molecule has 1 aromatic heterocycles. The molecule has 0 radical (unpaired) electrons. The highest BCUT2D eigenvalue weighted by atomic mass is 32.2. The van der Waals surface area contributed by atoms with E-state index in [9.17, 15) is 4.55 Å². The molecule has 0 saturated carbocycles. The van der Waals surface area contributed by atoms with Crippen molar-refractivity contribution < 1.29 is 14.0 Å². The van der Waals surface area contributed by atoms with Gasteiger partial charge >= 0.3 is 0 Å². The lowest BCUT2D eigenvalue weighted by Gasteiger charge is -2.14. The van der Waals surface area contributed by atoms with Gasteiger partial charge in [0.15, 0.2) is 9.40 Å². The summed E-state index contributed by atoms with van der Waals surface area (Å²) >= 11 is 0. The standard InChI is InChI=1S/C26H34N2O3S/c29-32-25-10-8-21(30-17-5-15-27-11-1-2-12-27)19-24(25)23-9-7-22(20-26(23)32)31-18-6-16-28-13-3-4-14-28/h7-10,19-20H,1-6,11-18H2. The molecular formula is C26H34N2O3S. The summed E-state index contributed by atoms with van der Waals surface area (Å²) in [5.41, 5.74) is 0. The zero-order valence-electron chi connectivity index (χ0n) is 18.9. The molecule has 1 unspecified atom stereocenters. The van der Waals surface area contributed by atoms with Crippen molar-refractivity contribution in [3.8, 4) is 11.5 Å². The summed E-state index contributed by atoms with van der Waals surface area (Å²) in [7, 11) is -1.16. The molecule has 0 bridgehead atoms. The van der Waals surface area contributed by atoms with Gasteiger partial charge in [-0.1, -0.05) is 0 Å². The lowest BCUT2D eigenvalue weighted by molar-refractivity contribution is 0.263. The summed E-state index contributed by atoms with van der Waals surface area (Å²) < 4.78 is 26.8. The van der Waals surface area contributed by atoms with Gasteiger partial charge in [-0.15, -0.1) is 0 Å². The first-order chi connectivity index (χ1) is 15.8. The van der Waals surface area contributed by atoms with Crippen molar-refractivity contribution in [3.05, 3.63) is 36.4 Å². The lowest BCUT2D eigenvalue weighted by atomic mass is 10.1. The van der Waals surface area contributed by atoms with Crippen LogP contribution in [0.2, 0.25) is 0 Å². The summed E-state index contributed by atoms with van der Waals surface area (Å²) in [5.74, 6) is 1.67. The molecule has 0 aliphatic carbocycles. The van der Waals surface area contributed by atoms with E-state index in [0.29, 0.717) is 6.61 Å². The zero-order chi connectivity index (χ0) is 21.8. The average Bonchev–Trinajstić information content (AvgIpc) is 3.57. The van der Waals surface area contributed by atoms with Gasteiger partial charge in [-0.25, -0.2) is 0 Å². The Morgan fingerprint density at radius 2 is 1.25 bits per heavy atom. The van der Waals surface area contributed by atoms with Gasteiger partial charge in [-0.2, -0.15) is 0 Å². The molecule has 32 heavy (non-hydrogen) atoms. The zero-order valence-corrected chi connectivity index (χ0v) is 19.7. The molecule has 172 valence electrons. The molecule has 0 spiro atoms. The van der Waals surface area contributed by atoms with E-state index in [0.717, 1.165) is 64.2 Å². The van der Waals surface area contributed by atoms with Crippen LogP contribution in [0.3, 0.4) is 0 Å². The van der Waals surface area contributed by atoms with E-state index < -0.39 is 10.8 Å². The summed E-state index contributed by atoms with van der Waals surface area (Å²) in [6, 6.07) is 12.0. The Morgan fingerprint density at radius 3 is 1.88 bits per heavy atom. The minimum absolute atomic E-state index is 0.699. The third kappa shape index (κ3) is 5.04. The van der Waals surface area contributed by atoms with E-state index in [1.54, 1.807) is 0 Å². The fraction of sp³-hybridized carbons (Fsp3) is 0.538. The van der Waals surface area contributed by atoms with Crippen LogP contribution in [0.4, 0.5) is 0 Å². The van der Waals surface area contributed by atoms with Gasteiger partial charge < -0.3 is 23.8 Å².